The Balaban J connectivity index is 0. The molecule has 0 aliphatic carbocycles. The maximum absolute atomic E-state index is 8.57. The maximum Gasteiger partial charge on any atom is 0.0988 e. The summed E-state index contributed by atoms with van der Waals surface area (Å²) in [6, 6.07) is 2.09. The second-order valence-corrected chi connectivity index (χ2v) is 2.13. The Morgan fingerprint density at radius 1 is 1.46 bits per heavy atom. The van der Waals surface area contributed by atoms with Crippen LogP contribution in [0, 0.1) is 11.3 Å². The molecule has 0 aromatic heterocycles. The highest BCUT2D eigenvalue weighted by Gasteiger charge is 1.89. The fourth-order valence-corrected chi connectivity index (χ4v) is 0.685. The lowest BCUT2D eigenvalue weighted by atomic mass is 10.1. The molecule has 0 radical (unpaired) electrons. The maximum atomic E-state index is 8.57. The minimum atomic E-state index is 0.696. The molecule has 0 heterocycles. The molecule has 72 valence electrons. The van der Waals surface area contributed by atoms with Crippen molar-refractivity contribution < 1.29 is 0 Å². The van der Waals surface area contributed by atoms with Gasteiger partial charge < -0.3 is 0 Å². The summed E-state index contributed by atoms with van der Waals surface area (Å²) in [6.07, 6.45) is 6.34. The predicted molar refractivity (Wildman–Crippen MR) is 59.3 cm³/mol. The zero-order valence-electron chi connectivity index (χ0n) is 9.09. The van der Waals surface area contributed by atoms with Crippen LogP contribution in [0.15, 0.2) is 36.0 Å². The van der Waals surface area contributed by atoms with Crippen molar-refractivity contribution in [3.05, 3.63) is 36.0 Å². The summed E-state index contributed by atoms with van der Waals surface area (Å²) in [5, 5.41) is 8.57. The number of hydrogen-bond acceptors (Lipinski definition) is 1. The van der Waals surface area contributed by atoms with Gasteiger partial charge in [0.2, 0.25) is 0 Å². The Morgan fingerprint density at radius 3 is 2.23 bits per heavy atom. The van der Waals surface area contributed by atoms with Crippen LogP contribution < -0.4 is 0 Å². The van der Waals surface area contributed by atoms with Gasteiger partial charge in [0.1, 0.15) is 0 Å². The summed E-state index contributed by atoms with van der Waals surface area (Å²) in [5.41, 5.74) is 1.79. The zero-order chi connectivity index (χ0) is 10.7. The third kappa shape index (κ3) is 7.08. The van der Waals surface area contributed by atoms with E-state index in [4.69, 9.17) is 5.26 Å². The Labute approximate surface area is 82.1 Å². The highest BCUT2D eigenvalue weighted by molar-refractivity contribution is 5.37. The summed E-state index contributed by atoms with van der Waals surface area (Å²) in [4.78, 5) is 0. The average Bonchev–Trinajstić information content (AvgIpc) is 2.23. The molecule has 0 bridgehead atoms. The van der Waals surface area contributed by atoms with Gasteiger partial charge in [0.05, 0.1) is 6.07 Å². The Hall–Kier alpha value is -1.29. The molecule has 0 spiro atoms. The molecule has 0 N–H and O–H groups in total. The number of rotatable bonds is 3. The summed E-state index contributed by atoms with van der Waals surface area (Å²) in [7, 11) is 0. The van der Waals surface area contributed by atoms with Gasteiger partial charge in [-0.3, -0.25) is 0 Å². The normalized spacial score (nSPS) is 11.0. The molecule has 0 rings (SSSR count). The smallest absolute Gasteiger partial charge is 0.0988 e. The highest BCUT2D eigenvalue weighted by atomic mass is 14.2. The first-order chi connectivity index (χ1) is 6.28. The summed E-state index contributed by atoms with van der Waals surface area (Å²) < 4.78 is 0. The third-order valence-electron chi connectivity index (χ3n) is 1.45. The minimum absolute atomic E-state index is 0.696. The number of nitriles is 1. The highest BCUT2D eigenvalue weighted by Crippen LogP contribution is 2.06. The van der Waals surface area contributed by atoms with Gasteiger partial charge in [0.15, 0.2) is 0 Å². The van der Waals surface area contributed by atoms with Gasteiger partial charge >= 0.3 is 0 Å². The van der Waals surface area contributed by atoms with Gasteiger partial charge in [0, 0.05) is 5.57 Å². The van der Waals surface area contributed by atoms with E-state index in [0.717, 1.165) is 12.0 Å². The van der Waals surface area contributed by atoms with E-state index >= 15 is 0 Å². The SMILES string of the molecule is C=C/C(=C\C(C#N)=C/C)CC.CC. The monoisotopic (exact) mass is 177 g/mol. The van der Waals surface area contributed by atoms with Crippen LogP contribution in [0.2, 0.25) is 0 Å². The van der Waals surface area contributed by atoms with Crippen LogP contribution in [-0.4, -0.2) is 0 Å². The Kier molecular flexibility index (Phi) is 11.7. The van der Waals surface area contributed by atoms with Crippen LogP contribution in [0.5, 0.6) is 0 Å². The van der Waals surface area contributed by atoms with Gasteiger partial charge in [-0.1, -0.05) is 39.5 Å². The molecule has 0 unspecified atom stereocenters. The first-order valence-electron chi connectivity index (χ1n) is 4.67. The molecule has 1 heteroatoms. The molecule has 0 atom stereocenters. The first kappa shape index (κ1) is 14.2. The standard InChI is InChI=1S/C10H13N.C2H6/c1-4-9(5-2)7-10(6-3)8-11;1-2/h4,6-7H,1,5H2,2-3H3;1-2H3/b9-7+,10-6+;. The van der Waals surface area contributed by atoms with Crippen molar-refractivity contribution in [3.8, 4) is 6.07 Å². The van der Waals surface area contributed by atoms with E-state index < -0.39 is 0 Å². The quantitative estimate of drug-likeness (QED) is 0.472. The summed E-state index contributed by atoms with van der Waals surface area (Å²) >= 11 is 0. The van der Waals surface area contributed by atoms with Crippen LogP contribution in [0.3, 0.4) is 0 Å². The van der Waals surface area contributed by atoms with E-state index in [-0.39, 0.29) is 0 Å². The molecular weight excluding hydrogens is 158 g/mol. The third-order valence-corrected chi connectivity index (χ3v) is 1.45. The van der Waals surface area contributed by atoms with Crippen molar-refractivity contribution >= 4 is 0 Å². The Bertz CT molecular complexity index is 226. The van der Waals surface area contributed by atoms with E-state index in [2.05, 4.69) is 12.6 Å². The first-order valence-corrected chi connectivity index (χ1v) is 4.67. The van der Waals surface area contributed by atoms with Gasteiger partial charge in [-0.2, -0.15) is 5.26 Å². The fourth-order valence-electron chi connectivity index (χ4n) is 0.685. The van der Waals surface area contributed by atoms with Crippen molar-refractivity contribution in [2.45, 2.75) is 34.1 Å². The predicted octanol–water partition coefficient (Wildman–Crippen LogP) is 4.00. The molecule has 0 saturated carbocycles. The molecule has 0 aliphatic heterocycles. The van der Waals surface area contributed by atoms with Gasteiger partial charge in [-0.15, -0.1) is 0 Å². The van der Waals surface area contributed by atoms with Crippen LogP contribution in [0.1, 0.15) is 34.1 Å². The fraction of sp³-hybridized carbons (Fsp3) is 0.417. The van der Waals surface area contributed by atoms with Crippen molar-refractivity contribution in [3.63, 3.8) is 0 Å². The number of hydrogen-bond donors (Lipinski definition) is 0. The van der Waals surface area contributed by atoms with Crippen LogP contribution >= 0.6 is 0 Å². The van der Waals surface area contributed by atoms with Gasteiger partial charge in [-0.05, 0) is 25.0 Å². The molecule has 1 nitrogen and oxygen atoms in total. The molecule has 13 heavy (non-hydrogen) atoms. The molecule has 0 fully saturated rings. The zero-order valence-corrected chi connectivity index (χ0v) is 9.09. The van der Waals surface area contributed by atoms with E-state index in [9.17, 15) is 0 Å². The molecular formula is C12H19N. The van der Waals surface area contributed by atoms with Crippen LogP contribution in [0.25, 0.3) is 0 Å². The molecule has 0 amide bonds. The lowest BCUT2D eigenvalue weighted by Gasteiger charge is -1.93. The number of allylic oxidation sites excluding steroid dienone is 5. The van der Waals surface area contributed by atoms with E-state index in [0.29, 0.717) is 5.57 Å². The summed E-state index contributed by atoms with van der Waals surface area (Å²) in [6.45, 7) is 11.5. The summed E-state index contributed by atoms with van der Waals surface area (Å²) in [5.74, 6) is 0. The Morgan fingerprint density at radius 2 is 2.00 bits per heavy atom. The van der Waals surface area contributed by atoms with E-state index in [1.165, 1.54) is 0 Å². The second kappa shape index (κ2) is 10.7. The topological polar surface area (TPSA) is 23.8 Å². The lowest BCUT2D eigenvalue weighted by molar-refractivity contribution is 1.15. The van der Waals surface area contributed by atoms with Crippen molar-refractivity contribution in [2.75, 3.05) is 0 Å². The molecule has 0 aromatic rings. The van der Waals surface area contributed by atoms with E-state index in [1.54, 1.807) is 12.2 Å². The van der Waals surface area contributed by atoms with Crippen LogP contribution in [-0.2, 0) is 0 Å². The molecule has 0 aromatic carbocycles. The number of nitrogens with zero attached hydrogens (tertiary/aromatic N) is 1. The molecule has 0 aliphatic rings. The minimum Gasteiger partial charge on any atom is -0.192 e. The average molecular weight is 177 g/mol. The van der Waals surface area contributed by atoms with Crippen LogP contribution in [0.4, 0.5) is 0 Å². The largest absolute Gasteiger partial charge is 0.192 e. The van der Waals surface area contributed by atoms with Gasteiger partial charge in [0.25, 0.3) is 0 Å². The van der Waals surface area contributed by atoms with Crippen molar-refractivity contribution in [2.24, 2.45) is 0 Å². The van der Waals surface area contributed by atoms with Gasteiger partial charge in [-0.25, -0.2) is 0 Å². The van der Waals surface area contributed by atoms with Crippen molar-refractivity contribution in [1.29, 1.82) is 5.26 Å². The molecule has 0 saturated heterocycles. The second-order valence-electron chi connectivity index (χ2n) is 2.13. The van der Waals surface area contributed by atoms with E-state index in [1.807, 2.05) is 33.8 Å². The van der Waals surface area contributed by atoms with Crippen molar-refractivity contribution in [1.82, 2.24) is 0 Å². The lowest BCUT2D eigenvalue weighted by Crippen LogP contribution is -1.76.